The highest BCUT2D eigenvalue weighted by Crippen LogP contribution is 2.59. The van der Waals surface area contributed by atoms with E-state index in [1.54, 1.807) is 0 Å². The molecule has 1 aliphatic heterocycles. The fourth-order valence-corrected chi connectivity index (χ4v) is 2.82. The lowest BCUT2D eigenvalue weighted by Gasteiger charge is -2.12. The van der Waals surface area contributed by atoms with E-state index in [0.717, 1.165) is 42.1 Å². The Labute approximate surface area is 126 Å². The van der Waals surface area contributed by atoms with Gasteiger partial charge in [0.05, 0.1) is 11.5 Å². The summed E-state index contributed by atoms with van der Waals surface area (Å²) >= 11 is 0. The SMILES string of the molecule is Cc1ccc(Oc2ncc([N+](=O)[O-])cn2)c2c1OCC21CC1. The van der Waals surface area contributed by atoms with Crippen LogP contribution in [0.1, 0.15) is 24.0 Å². The van der Waals surface area contributed by atoms with Gasteiger partial charge in [-0.2, -0.15) is 9.97 Å². The minimum atomic E-state index is -0.541. The molecule has 7 heteroatoms. The Balaban J connectivity index is 1.70. The third-order valence-electron chi connectivity index (χ3n) is 4.22. The van der Waals surface area contributed by atoms with Gasteiger partial charge in [-0.25, -0.2) is 0 Å². The van der Waals surface area contributed by atoms with Crippen molar-refractivity contribution in [2.24, 2.45) is 0 Å². The van der Waals surface area contributed by atoms with E-state index in [1.807, 2.05) is 19.1 Å². The molecule has 0 radical (unpaired) electrons. The molecule has 2 aliphatic rings. The maximum atomic E-state index is 10.6. The van der Waals surface area contributed by atoms with Crippen molar-refractivity contribution in [3.05, 3.63) is 45.8 Å². The summed E-state index contributed by atoms with van der Waals surface area (Å²) in [6.45, 7) is 2.69. The third-order valence-corrected chi connectivity index (χ3v) is 4.22. The van der Waals surface area contributed by atoms with Crippen molar-refractivity contribution in [3.63, 3.8) is 0 Å². The Kier molecular flexibility index (Phi) is 2.60. The zero-order valence-electron chi connectivity index (χ0n) is 11.9. The van der Waals surface area contributed by atoms with Crippen molar-refractivity contribution < 1.29 is 14.4 Å². The molecule has 1 aromatic heterocycles. The largest absolute Gasteiger partial charge is 0.492 e. The van der Waals surface area contributed by atoms with Gasteiger partial charge in [-0.05, 0) is 31.4 Å². The maximum Gasteiger partial charge on any atom is 0.322 e. The number of hydrogen-bond acceptors (Lipinski definition) is 6. The summed E-state index contributed by atoms with van der Waals surface area (Å²) in [6.07, 6.45) is 4.45. The van der Waals surface area contributed by atoms with Crippen LogP contribution in [0.3, 0.4) is 0 Å². The van der Waals surface area contributed by atoms with Gasteiger partial charge in [0.1, 0.15) is 23.9 Å². The minimum Gasteiger partial charge on any atom is -0.492 e. The van der Waals surface area contributed by atoms with Crippen LogP contribution in [0.5, 0.6) is 17.5 Å². The van der Waals surface area contributed by atoms with E-state index >= 15 is 0 Å². The van der Waals surface area contributed by atoms with Crippen LogP contribution in [0.15, 0.2) is 24.5 Å². The normalized spacial score (nSPS) is 17.0. The highest BCUT2D eigenvalue weighted by atomic mass is 16.6. The molecule has 4 rings (SSSR count). The predicted molar refractivity (Wildman–Crippen MR) is 76.3 cm³/mol. The van der Waals surface area contributed by atoms with Gasteiger partial charge >= 0.3 is 11.7 Å². The van der Waals surface area contributed by atoms with Crippen molar-refractivity contribution in [2.75, 3.05) is 6.61 Å². The summed E-state index contributed by atoms with van der Waals surface area (Å²) in [5, 5.41) is 10.6. The first-order valence-corrected chi connectivity index (χ1v) is 7.00. The van der Waals surface area contributed by atoms with Crippen LogP contribution in [0.4, 0.5) is 5.69 Å². The van der Waals surface area contributed by atoms with E-state index in [9.17, 15) is 10.1 Å². The highest BCUT2D eigenvalue weighted by Gasteiger charge is 2.53. The van der Waals surface area contributed by atoms with Gasteiger partial charge in [0.25, 0.3) is 0 Å². The van der Waals surface area contributed by atoms with Crippen molar-refractivity contribution in [1.82, 2.24) is 9.97 Å². The highest BCUT2D eigenvalue weighted by molar-refractivity contribution is 5.59. The first kappa shape index (κ1) is 13.0. The molecule has 0 unspecified atom stereocenters. The van der Waals surface area contributed by atoms with Crippen LogP contribution < -0.4 is 9.47 Å². The number of aromatic nitrogens is 2. The van der Waals surface area contributed by atoms with Gasteiger partial charge in [0.15, 0.2) is 0 Å². The third kappa shape index (κ3) is 1.89. The first-order chi connectivity index (χ1) is 10.6. The van der Waals surface area contributed by atoms with Gasteiger partial charge < -0.3 is 9.47 Å². The van der Waals surface area contributed by atoms with Gasteiger partial charge in [-0.3, -0.25) is 10.1 Å². The standard InChI is InChI=1S/C15H13N3O4/c1-9-2-3-11(12-13(9)21-8-15(12)4-5-15)22-14-16-6-10(7-17-14)18(19)20/h2-3,6-7H,4-5,8H2,1H3. The maximum absolute atomic E-state index is 10.6. The molecule has 0 saturated heterocycles. The Morgan fingerprint density at radius 1 is 1.32 bits per heavy atom. The number of benzene rings is 1. The fraction of sp³-hybridized carbons (Fsp3) is 0.333. The van der Waals surface area contributed by atoms with Crippen LogP contribution in [-0.2, 0) is 5.41 Å². The molecular weight excluding hydrogens is 286 g/mol. The predicted octanol–water partition coefficient (Wildman–Crippen LogP) is 2.91. The molecule has 112 valence electrons. The van der Waals surface area contributed by atoms with E-state index in [1.165, 1.54) is 0 Å². The van der Waals surface area contributed by atoms with E-state index in [-0.39, 0.29) is 17.1 Å². The number of ether oxygens (including phenoxy) is 2. The number of aryl methyl sites for hydroxylation is 1. The van der Waals surface area contributed by atoms with Crippen molar-refractivity contribution in [2.45, 2.75) is 25.2 Å². The quantitative estimate of drug-likeness (QED) is 0.639. The number of hydrogen-bond donors (Lipinski definition) is 0. The molecule has 0 atom stereocenters. The number of nitrogens with zero attached hydrogens (tertiary/aromatic N) is 3. The molecule has 1 aliphatic carbocycles. The first-order valence-electron chi connectivity index (χ1n) is 7.00. The zero-order chi connectivity index (χ0) is 15.3. The van der Waals surface area contributed by atoms with Crippen molar-refractivity contribution >= 4 is 5.69 Å². The topological polar surface area (TPSA) is 87.4 Å². The van der Waals surface area contributed by atoms with E-state index < -0.39 is 4.92 Å². The monoisotopic (exact) mass is 299 g/mol. The Morgan fingerprint density at radius 2 is 2.05 bits per heavy atom. The summed E-state index contributed by atoms with van der Waals surface area (Å²) in [4.78, 5) is 17.9. The van der Waals surface area contributed by atoms with Crippen molar-refractivity contribution in [3.8, 4) is 17.5 Å². The van der Waals surface area contributed by atoms with Gasteiger partial charge in [0.2, 0.25) is 0 Å². The van der Waals surface area contributed by atoms with Gasteiger partial charge in [-0.15, -0.1) is 0 Å². The van der Waals surface area contributed by atoms with E-state index in [0.29, 0.717) is 12.4 Å². The molecule has 1 fully saturated rings. The molecule has 2 aromatic rings. The second kappa shape index (κ2) is 4.40. The van der Waals surface area contributed by atoms with Crippen LogP contribution in [-0.4, -0.2) is 21.5 Å². The molecule has 7 nitrogen and oxygen atoms in total. The molecule has 1 spiro atoms. The van der Waals surface area contributed by atoms with Gasteiger partial charge in [-0.1, -0.05) is 6.07 Å². The average Bonchev–Trinajstić information content (AvgIpc) is 3.17. The minimum absolute atomic E-state index is 0.0669. The molecule has 0 amide bonds. The lowest BCUT2D eigenvalue weighted by atomic mass is 9.95. The Morgan fingerprint density at radius 3 is 2.68 bits per heavy atom. The summed E-state index contributed by atoms with van der Waals surface area (Å²) in [5.74, 6) is 1.56. The fourth-order valence-electron chi connectivity index (χ4n) is 2.82. The number of nitro groups is 1. The molecule has 1 saturated carbocycles. The summed E-state index contributed by atoms with van der Waals surface area (Å²) in [6, 6.07) is 3.91. The lowest BCUT2D eigenvalue weighted by molar-refractivity contribution is -0.385. The lowest BCUT2D eigenvalue weighted by Crippen LogP contribution is -2.08. The molecular formula is C15H13N3O4. The number of rotatable bonds is 3. The van der Waals surface area contributed by atoms with Crippen LogP contribution in [0.2, 0.25) is 0 Å². The average molecular weight is 299 g/mol. The Bertz CT molecular complexity index is 769. The molecule has 2 heterocycles. The van der Waals surface area contributed by atoms with Crippen LogP contribution in [0.25, 0.3) is 0 Å². The van der Waals surface area contributed by atoms with Crippen molar-refractivity contribution in [1.29, 1.82) is 0 Å². The van der Waals surface area contributed by atoms with Crippen LogP contribution >= 0.6 is 0 Å². The summed E-state index contributed by atoms with van der Waals surface area (Å²) in [5.41, 5.74) is 2.06. The summed E-state index contributed by atoms with van der Waals surface area (Å²) < 4.78 is 11.6. The molecule has 0 bridgehead atoms. The van der Waals surface area contributed by atoms with Gasteiger partial charge in [0, 0.05) is 11.0 Å². The molecule has 22 heavy (non-hydrogen) atoms. The van der Waals surface area contributed by atoms with E-state index in [2.05, 4.69) is 9.97 Å². The smallest absolute Gasteiger partial charge is 0.322 e. The summed E-state index contributed by atoms with van der Waals surface area (Å²) in [7, 11) is 0. The molecule has 0 N–H and O–H groups in total. The number of fused-ring (bicyclic) bond motifs is 2. The van der Waals surface area contributed by atoms with E-state index in [4.69, 9.17) is 9.47 Å². The zero-order valence-corrected chi connectivity index (χ0v) is 11.9. The second-order valence-corrected chi connectivity index (χ2v) is 5.74. The second-order valence-electron chi connectivity index (χ2n) is 5.74. The van der Waals surface area contributed by atoms with Crippen LogP contribution in [0, 0.1) is 17.0 Å². The Hall–Kier alpha value is -2.70. The molecule has 1 aromatic carbocycles.